The molecule has 2 amide bonds. The number of aromatic nitrogens is 3. The number of carbonyl (C=O) groups excluding carboxylic acids is 1. The van der Waals surface area contributed by atoms with Crippen LogP contribution in [0.3, 0.4) is 0 Å². The maximum Gasteiger partial charge on any atom is 0.315 e. The van der Waals surface area contributed by atoms with E-state index < -0.39 is 0 Å². The minimum absolute atomic E-state index is 0.264. The van der Waals surface area contributed by atoms with E-state index >= 15 is 0 Å². The molecule has 1 heterocycles. The Hall–Kier alpha value is -3.35. The van der Waals surface area contributed by atoms with E-state index in [1.54, 1.807) is 6.33 Å². The van der Waals surface area contributed by atoms with Crippen LogP contribution in [0.4, 0.5) is 4.79 Å². The van der Waals surface area contributed by atoms with Crippen molar-refractivity contribution in [2.75, 3.05) is 13.2 Å². The molecule has 1 aliphatic carbocycles. The highest BCUT2D eigenvalue weighted by molar-refractivity contribution is 5.73. The lowest BCUT2D eigenvalue weighted by Gasteiger charge is -2.10. The summed E-state index contributed by atoms with van der Waals surface area (Å²) < 4.78 is 7.58. The molecule has 2 N–H and O–H groups in total. The molecule has 28 heavy (non-hydrogen) atoms. The summed E-state index contributed by atoms with van der Waals surface area (Å²) in [5.41, 5.74) is 3.76. The first-order valence-electron chi connectivity index (χ1n) is 9.50. The molecular weight excluding hydrogens is 354 g/mol. The number of para-hydroxylation sites is 1. The minimum atomic E-state index is -0.264. The van der Waals surface area contributed by atoms with Crippen LogP contribution in [-0.2, 0) is 19.4 Å². The molecule has 4 rings (SSSR count). The van der Waals surface area contributed by atoms with Gasteiger partial charge in [0.25, 0.3) is 0 Å². The minimum Gasteiger partial charge on any atom is -0.492 e. The molecule has 0 atom stereocenters. The summed E-state index contributed by atoms with van der Waals surface area (Å²) in [7, 11) is 0. The number of carbonyl (C=O) groups is 1. The molecular formula is C21H23N5O2. The van der Waals surface area contributed by atoms with Crippen molar-refractivity contribution in [3.05, 3.63) is 71.8 Å². The topological polar surface area (TPSA) is 81.1 Å². The standard InChI is InChI=1S/C21H23N5O2/c27-21(22-11-12-28-19-10-9-16-5-4-6-17(16)13-19)23-14-20-25-24-15-26(20)18-7-2-1-3-8-18/h1-3,7-10,13,15H,4-6,11-12,14H2,(H2,22,23,27). The Labute approximate surface area is 163 Å². The summed E-state index contributed by atoms with van der Waals surface area (Å²) >= 11 is 0. The number of nitrogens with zero attached hydrogens (tertiary/aromatic N) is 3. The van der Waals surface area contributed by atoms with Crippen molar-refractivity contribution in [1.82, 2.24) is 25.4 Å². The lowest BCUT2D eigenvalue weighted by atomic mass is 10.1. The van der Waals surface area contributed by atoms with Crippen LogP contribution in [0.1, 0.15) is 23.4 Å². The van der Waals surface area contributed by atoms with Crippen molar-refractivity contribution in [3.8, 4) is 11.4 Å². The maximum atomic E-state index is 12.0. The molecule has 0 spiro atoms. The van der Waals surface area contributed by atoms with Crippen LogP contribution in [0.5, 0.6) is 5.75 Å². The Bertz CT molecular complexity index is 939. The van der Waals surface area contributed by atoms with E-state index in [0.29, 0.717) is 19.0 Å². The van der Waals surface area contributed by atoms with E-state index in [-0.39, 0.29) is 12.6 Å². The van der Waals surface area contributed by atoms with Gasteiger partial charge in [0.2, 0.25) is 0 Å². The average Bonchev–Trinajstić information content (AvgIpc) is 3.39. The summed E-state index contributed by atoms with van der Waals surface area (Å²) in [4.78, 5) is 12.0. The normalized spacial score (nSPS) is 12.4. The van der Waals surface area contributed by atoms with Crippen LogP contribution in [0.2, 0.25) is 0 Å². The molecule has 144 valence electrons. The molecule has 7 nitrogen and oxygen atoms in total. The van der Waals surface area contributed by atoms with Gasteiger partial charge in [-0.05, 0) is 54.7 Å². The largest absolute Gasteiger partial charge is 0.492 e. The first-order valence-corrected chi connectivity index (χ1v) is 9.50. The van der Waals surface area contributed by atoms with Gasteiger partial charge in [0, 0.05) is 5.69 Å². The zero-order chi connectivity index (χ0) is 19.2. The number of hydrogen-bond acceptors (Lipinski definition) is 4. The molecule has 0 unspecified atom stereocenters. The lowest BCUT2D eigenvalue weighted by molar-refractivity contribution is 0.235. The maximum absolute atomic E-state index is 12.0. The first-order chi connectivity index (χ1) is 13.8. The molecule has 0 aliphatic heterocycles. The monoisotopic (exact) mass is 377 g/mol. The van der Waals surface area contributed by atoms with Gasteiger partial charge in [0.05, 0.1) is 13.1 Å². The Morgan fingerprint density at radius 3 is 2.82 bits per heavy atom. The number of fused-ring (bicyclic) bond motifs is 1. The third kappa shape index (κ3) is 4.31. The quantitative estimate of drug-likeness (QED) is 0.620. The van der Waals surface area contributed by atoms with Crippen LogP contribution in [0, 0.1) is 0 Å². The Kier molecular flexibility index (Phi) is 5.51. The third-order valence-electron chi connectivity index (χ3n) is 4.79. The second-order valence-electron chi connectivity index (χ2n) is 6.69. The number of hydrogen-bond donors (Lipinski definition) is 2. The molecule has 1 aromatic heterocycles. The molecule has 0 bridgehead atoms. The number of ether oxygens (including phenoxy) is 1. The fraction of sp³-hybridized carbons (Fsp3) is 0.286. The molecule has 0 fully saturated rings. The predicted octanol–water partition coefficient (Wildman–Crippen LogP) is 2.63. The molecule has 1 aliphatic rings. The molecule has 0 radical (unpaired) electrons. The van der Waals surface area contributed by atoms with Gasteiger partial charge in [0.15, 0.2) is 5.82 Å². The lowest BCUT2D eigenvalue weighted by Crippen LogP contribution is -2.37. The van der Waals surface area contributed by atoms with Gasteiger partial charge in [-0.1, -0.05) is 24.3 Å². The Balaban J connectivity index is 1.20. The zero-order valence-electron chi connectivity index (χ0n) is 15.6. The summed E-state index contributed by atoms with van der Waals surface area (Å²) in [5, 5.41) is 13.6. The van der Waals surface area contributed by atoms with Gasteiger partial charge >= 0.3 is 6.03 Å². The molecule has 2 aromatic carbocycles. The van der Waals surface area contributed by atoms with Crippen LogP contribution in [0.15, 0.2) is 54.9 Å². The van der Waals surface area contributed by atoms with Crippen molar-refractivity contribution < 1.29 is 9.53 Å². The summed E-state index contributed by atoms with van der Waals surface area (Å²) in [5.74, 6) is 1.52. The van der Waals surface area contributed by atoms with Crippen LogP contribution < -0.4 is 15.4 Å². The number of amides is 2. The van der Waals surface area contributed by atoms with Crippen LogP contribution in [-0.4, -0.2) is 33.9 Å². The number of rotatable bonds is 7. The van der Waals surface area contributed by atoms with Gasteiger partial charge in [0.1, 0.15) is 18.7 Å². The fourth-order valence-corrected chi connectivity index (χ4v) is 3.38. The number of urea groups is 1. The highest BCUT2D eigenvalue weighted by Gasteiger charge is 2.11. The van der Waals surface area contributed by atoms with Crippen molar-refractivity contribution >= 4 is 6.03 Å². The second-order valence-corrected chi connectivity index (χ2v) is 6.69. The predicted molar refractivity (Wildman–Crippen MR) is 106 cm³/mol. The summed E-state index contributed by atoms with van der Waals surface area (Å²) in [6, 6.07) is 15.7. The summed E-state index contributed by atoms with van der Waals surface area (Å²) in [6.07, 6.45) is 5.14. The zero-order valence-corrected chi connectivity index (χ0v) is 15.6. The van der Waals surface area contributed by atoms with Crippen molar-refractivity contribution in [2.24, 2.45) is 0 Å². The van der Waals surface area contributed by atoms with Gasteiger partial charge in [-0.15, -0.1) is 10.2 Å². The highest BCUT2D eigenvalue weighted by Crippen LogP contribution is 2.25. The van der Waals surface area contributed by atoms with E-state index in [9.17, 15) is 4.79 Å². The Morgan fingerprint density at radius 1 is 1.07 bits per heavy atom. The van der Waals surface area contributed by atoms with Gasteiger partial charge < -0.3 is 15.4 Å². The molecule has 0 saturated carbocycles. The van der Waals surface area contributed by atoms with Crippen LogP contribution >= 0.6 is 0 Å². The third-order valence-corrected chi connectivity index (χ3v) is 4.79. The molecule has 0 saturated heterocycles. The fourth-order valence-electron chi connectivity index (χ4n) is 3.38. The van der Waals surface area contributed by atoms with Gasteiger partial charge in [-0.2, -0.15) is 0 Å². The van der Waals surface area contributed by atoms with Crippen molar-refractivity contribution in [3.63, 3.8) is 0 Å². The van der Waals surface area contributed by atoms with E-state index in [1.165, 1.54) is 17.5 Å². The van der Waals surface area contributed by atoms with E-state index in [2.05, 4.69) is 33.0 Å². The SMILES string of the molecule is O=C(NCCOc1ccc2c(c1)CCC2)NCc1nncn1-c1ccccc1. The van der Waals surface area contributed by atoms with Gasteiger partial charge in [-0.3, -0.25) is 4.57 Å². The molecule has 7 heteroatoms. The first kappa shape index (κ1) is 18.0. The van der Waals surface area contributed by atoms with E-state index in [4.69, 9.17) is 4.74 Å². The summed E-state index contributed by atoms with van der Waals surface area (Å²) in [6.45, 7) is 1.13. The van der Waals surface area contributed by atoms with E-state index in [1.807, 2.05) is 41.0 Å². The average molecular weight is 377 g/mol. The van der Waals surface area contributed by atoms with Gasteiger partial charge in [-0.25, -0.2) is 4.79 Å². The second kappa shape index (κ2) is 8.56. The Morgan fingerprint density at radius 2 is 1.93 bits per heavy atom. The highest BCUT2D eigenvalue weighted by atomic mass is 16.5. The van der Waals surface area contributed by atoms with Crippen molar-refractivity contribution in [1.29, 1.82) is 0 Å². The number of nitrogens with one attached hydrogen (secondary N) is 2. The molecule has 3 aromatic rings. The number of aryl methyl sites for hydroxylation is 2. The number of benzene rings is 2. The van der Waals surface area contributed by atoms with Crippen LogP contribution in [0.25, 0.3) is 5.69 Å². The smallest absolute Gasteiger partial charge is 0.315 e. The van der Waals surface area contributed by atoms with E-state index in [0.717, 1.165) is 24.3 Å². The van der Waals surface area contributed by atoms with Crippen molar-refractivity contribution in [2.45, 2.75) is 25.8 Å².